The first kappa shape index (κ1) is 16.1. The molecule has 1 aliphatic carbocycles. The second kappa shape index (κ2) is 6.52. The predicted octanol–water partition coefficient (Wildman–Crippen LogP) is 2.31. The largest absolute Gasteiger partial charge is 0.504 e. The Morgan fingerprint density at radius 2 is 2.24 bits per heavy atom. The van der Waals surface area contributed by atoms with E-state index in [2.05, 4.69) is 14.9 Å². The summed E-state index contributed by atoms with van der Waals surface area (Å²) in [6.07, 6.45) is 3.03. The maximum atomic E-state index is 12.4. The van der Waals surface area contributed by atoms with E-state index >= 15 is 0 Å². The zero-order valence-corrected chi connectivity index (χ0v) is 14.4. The number of aromatic amines is 1. The molecule has 4 rings (SSSR count). The van der Waals surface area contributed by atoms with Crippen LogP contribution in [0.5, 0.6) is 11.5 Å². The highest BCUT2D eigenvalue weighted by Crippen LogP contribution is 2.38. The zero-order chi connectivity index (χ0) is 17.4. The Hall–Kier alpha value is -2.34. The first-order valence-electron chi connectivity index (χ1n) is 8.93. The summed E-state index contributed by atoms with van der Waals surface area (Å²) in [7, 11) is 0. The van der Waals surface area contributed by atoms with Crippen molar-refractivity contribution in [3.63, 3.8) is 0 Å². The minimum Gasteiger partial charge on any atom is -0.504 e. The quantitative estimate of drug-likeness (QED) is 0.872. The molecular formula is C19H23N3O3. The number of aromatic hydroxyl groups is 1. The second-order valence-electron chi connectivity index (χ2n) is 6.81. The summed E-state index contributed by atoms with van der Waals surface area (Å²) >= 11 is 0. The Balaban J connectivity index is 1.53. The Morgan fingerprint density at radius 1 is 1.40 bits per heavy atom. The number of aromatic nitrogens is 2. The van der Waals surface area contributed by atoms with Crippen LogP contribution in [0, 0.1) is 0 Å². The SMILES string of the molecule is CCOc1cccc(CN2CCc3nc(C4CC4)[nH]c(=O)c3C2)c1O. The Bertz CT molecular complexity index is 842. The van der Waals surface area contributed by atoms with E-state index in [1.165, 1.54) is 0 Å². The topological polar surface area (TPSA) is 78.5 Å². The van der Waals surface area contributed by atoms with Crippen LogP contribution in [0.3, 0.4) is 0 Å². The molecule has 1 aliphatic heterocycles. The number of hydrogen-bond donors (Lipinski definition) is 2. The van der Waals surface area contributed by atoms with Gasteiger partial charge in [-0.15, -0.1) is 0 Å². The smallest absolute Gasteiger partial charge is 0.255 e. The van der Waals surface area contributed by atoms with Gasteiger partial charge in [-0.25, -0.2) is 4.98 Å². The van der Waals surface area contributed by atoms with E-state index in [0.29, 0.717) is 31.4 Å². The minimum atomic E-state index is -0.0103. The Morgan fingerprint density at radius 3 is 3.00 bits per heavy atom. The monoisotopic (exact) mass is 341 g/mol. The van der Waals surface area contributed by atoms with Gasteiger partial charge in [0, 0.05) is 37.5 Å². The highest BCUT2D eigenvalue weighted by Gasteiger charge is 2.29. The number of rotatable bonds is 5. The fourth-order valence-corrected chi connectivity index (χ4v) is 3.39. The number of hydrogen-bond acceptors (Lipinski definition) is 5. The van der Waals surface area contributed by atoms with E-state index in [1.54, 1.807) is 6.07 Å². The fourth-order valence-electron chi connectivity index (χ4n) is 3.39. The number of nitrogens with one attached hydrogen (secondary N) is 1. The molecule has 0 unspecified atom stereocenters. The van der Waals surface area contributed by atoms with E-state index in [9.17, 15) is 9.90 Å². The van der Waals surface area contributed by atoms with Gasteiger partial charge >= 0.3 is 0 Å². The van der Waals surface area contributed by atoms with Crippen LogP contribution >= 0.6 is 0 Å². The van der Waals surface area contributed by atoms with E-state index in [1.807, 2.05) is 19.1 Å². The van der Waals surface area contributed by atoms with E-state index in [4.69, 9.17) is 4.74 Å². The fraction of sp³-hybridized carbons (Fsp3) is 0.474. The van der Waals surface area contributed by atoms with Gasteiger partial charge in [0.2, 0.25) is 0 Å². The molecule has 25 heavy (non-hydrogen) atoms. The van der Waals surface area contributed by atoms with Gasteiger partial charge in [0.05, 0.1) is 17.9 Å². The number of nitrogens with zero attached hydrogens (tertiary/aromatic N) is 2. The number of benzene rings is 1. The van der Waals surface area contributed by atoms with Gasteiger partial charge in [-0.3, -0.25) is 9.69 Å². The molecular weight excluding hydrogens is 318 g/mol. The third-order valence-electron chi connectivity index (χ3n) is 4.91. The molecule has 2 aromatic rings. The van der Waals surface area contributed by atoms with Gasteiger partial charge in [-0.05, 0) is 25.8 Å². The molecule has 6 heteroatoms. The molecule has 1 saturated carbocycles. The van der Waals surface area contributed by atoms with Gasteiger partial charge in [0.15, 0.2) is 11.5 Å². The highest BCUT2D eigenvalue weighted by atomic mass is 16.5. The standard InChI is InChI=1S/C19H23N3O3/c1-2-25-16-5-3-4-13(17(16)23)10-22-9-8-15-14(11-22)19(24)21-18(20-15)12-6-7-12/h3-5,12,23H,2,6-11H2,1H3,(H,20,21,24). The summed E-state index contributed by atoms with van der Waals surface area (Å²) in [6, 6.07) is 5.54. The van der Waals surface area contributed by atoms with Crippen LogP contribution < -0.4 is 10.3 Å². The summed E-state index contributed by atoms with van der Waals surface area (Å²) in [6.45, 7) is 4.37. The maximum Gasteiger partial charge on any atom is 0.255 e. The van der Waals surface area contributed by atoms with Gasteiger partial charge in [0.1, 0.15) is 5.82 Å². The van der Waals surface area contributed by atoms with E-state index in [-0.39, 0.29) is 11.3 Å². The van der Waals surface area contributed by atoms with Gasteiger partial charge in [-0.2, -0.15) is 0 Å². The van der Waals surface area contributed by atoms with Gasteiger partial charge < -0.3 is 14.8 Å². The lowest BCUT2D eigenvalue weighted by Crippen LogP contribution is -2.35. The molecule has 0 atom stereocenters. The molecule has 1 fully saturated rings. The molecule has 2 N–H and O–H groups in total. The molecule has 0 amide bonds. The minimum absolute atomic E-state index is 0.0103. The second-order valence-corrected chi connectivity index (χ2v) is 6.81. The number of fused-ring (bicyclic) bond motifs is 1. The summed E-state index contributed by atoms with van der Waals surface area (Å²) in [5, 5.41) is 10.4. The van der Waals surface area contributed by atoms with Crippen molar-refractivity contribution in [2.24, 2.45) is 0 Å². The average Bonchev–Trinajstić information content (AvgIpc) is 3.44. The van der Waals surface area contributed by atoms with Crippen LogP contribution in [0.1, 0.15) is 48.3 Å². The maximum absolute atomic E-state index is 12.4. The van der Waals surface area contributed by atoms with Crippen LogP contribution in [0.4, 0.5) is 0 Å². The van der Waals surface area contributed by atoms with E-state index in [0.717, 1.165) is 48.5 Å². The molecule has 0 spiro atoms. The van der Waals surface area contributed by atoms with Crippen molar-refractivity contribution >= 4 is 0 Å². The van der Waals surface area contributed by atoms with Crippen LogP contribution in [0.25, 0.3) is 0 Å². The predicted molar refractivity (Wildman–Crippen MR) is 93.9 cm³/mol. The van der Waals surface area contributed by atoms with Crippen LogP contribution in [0.15, 0.2) is 23.0 Å². The molecule has 6 nitrogen and oxygen atoms in total. The number of ether oxygens (including phenoxy) is 1. The molecule has 0 saturated heterocycles. The van der Waals surface area contributed by atoms with Gasteiger partial charge in [0.25, 0.3) is 5.56 Å². The third kappa shape index (κ3) is 3.26. The van der Waals surface area contributed by atoms with Gasteiger partial charge in [-0.1, -0.05) is 12.1 Å². The number of H-pyrrole nitrogens is 1. The molecule has 132 valence electrons. The van der Waals surface area contributed by atoms with Crippen molar-refractivity contribution in [1.82, 2.24) is 14.9 Å². The summed E-state index contributed by atoms with van der Waals surface area (Å²) in [5.74, 6) is 2.01. The zero-order valence-electron chi connectivity index (χ0n) is 14.4. The lowest BCUT2D eigenvalue weighted by molar-refractivity contribution is 0.236. The lowest BCUT2D eigenvalue weighted by atomic mass is 10.1. The summed E-state index contributed by atoms with van der Waals surface area (Å²) in [5.41, 5.74) is 2.50. The van der Waals surface area contributed by atoms with Crippen molar-refractivity contribution in [3.8, 4) is 11.5 Å². The van der Waals surface area contributed by atoms with Crippen molar-refractivity contribution in [3.05, 3.63) is 51.2 Å². The highest BCUT2D eigenvalue weighted by molar-refractivity contribution is 5.45. The molecule has 2 heterocycles. The van der Waals surface area contributed by atoms with Crippen molar-refractivity contribution in [2.45, 2.75) is 45.2 Å². The van der Waals surface area contributed by atoms with E-state index < -0.39 is 0 Å². The molecule has 1 aromatic heterocycles. The first-order valence-corrected chi connectivity index (χ1v) is 8.93. The third-order valence-corrected chi connectivity index (χ3v) is 4.91. The first-order chi connectivity index (χ1) is 12.2. The lowest BCUT2D eigenvalue weighted by Gasteiger charge is -2.28. The Kier molecular flexibility index (Phi) is 4.21. The van der Waals surface area contributed by atoms with Crippen molar-refractivity contribution < 1.29 is 9.84 Å². The number of phenolic OH excluding ortho intramolecular Hbond substituents is 1. The number of phenols is 1. The Labute approximate surface area is 146 Å². The average molecular weight is 341 g/mol. The molecule has 2 aliphatic rings. The normalized spacial score (nSPS) is 17.3. The molecule has 1 aromatic carbocycles. The van der Waals surface area contributed by atoms with Crippen molar-refractivity contribution in [2.75, 3.05) is 13.2 Å². The van der Waals surface area contributed by atoms with Crippen molar-refractivity contribution in [1.29, 1.82) is 0 Å². The van der Waals surface area contributed by atoms with Crippen LogP contribution in [0.2, 0.25) is 0 Å². The van der Waals surface area contributed by atoms with Crippen LogP contribution in [-0.2, 0) is 19.5 Å². The summed E-state index contributed by atoms with van der Waals surface area (Å²) < 4.78 is 5.45. The number of para-hydroxylation sites is 1. The molecule has 0 radical (unpaired) electrons. The van der Waals surface area contributed by atoms with Crippen LogP contribution in [-0.4, -0.2) is 33.1 Å². The summed E-state index contributed by atoms with van der Waals surface area (Å²) in [4.78, 5) is 22.2. The molecule has 0 bridgehead atoms.